The van der Waals surface area contributed by atoms with E-state index in [4.69, 9.17) is 4.74 Å². The molecular weight excluding hydrogens is 317 g/mol. The SMILES string of the molecule is CC(C)(C)OC(=O)C(NC(=O)C(F)(F)F)N(O)c1ccccc1. The van der Waals surface area contributed by atoms with Gasteiger partial charge in [0.05, 0.1) is 5.69 Å². The van der Waals surface area contributed by atoms with Crippen molar-refractivity contribution < 1.29 is 32.7 Å². The van der Waals surface area contributed by atoms with Crippen LogP contribution in [0.25, 0.3) is 0 Å². The molecule has 0 aliphatic heterocycles. The number of ether oxygens (including phenoxy) is 1. The second-order valence-corrected chi connectivity index (χ2v) is 5.59. The van der Waals surface area contributed by atoms with Crippen molar-refractivity contribution in [1.82, 2.24) is 5.32 Å². The predicted octanol–water partition coefficient (Wildman–Crippen LogP) is 2.23. The van der Waals surface area contributed by atoms with Crippen LogP contribution in [-0.4, -0.2) is 35.0 Å². The Kier molecular flexibility index (Phi) is 5.60. The first-order chi connectivity index (χ1) is 10.4. The molecular formula is C14H17F3N2O4. The number of benzene rings is 1. The Morgan fingerprint density at radius 3 is 2.13 bits per heavy atom. The highest BCUT2D eigenvalue weighted by Gasteiger charge is 2.43. The average Bonchev–Trinajstić information content (AvgIpc) is 2.41. The van der Waals surface area contributed by atoms with E-state index in [1.54, 1.807) is 6.07 Å². The third-order valence-electron chi connectivity index (χ3n) is 2.42. The van der Waals surface area contributed by atoms with Gasteiger partial charge in [0.2, 0.25) is 6.17 Å². The molecule has 1 atom stereocenters. The van der Waals surface area contributed by atoms with E-state index in [0.29, 0.717) is 0 Å². The number of hydrogen-bond donors (Lipinski definition) is 2. The molecule has 1 amide bonds. The molecule has 1 aromatic carbocycles. The summed E-state index contributed by atoms with van der Waals surface area (Å²) in [6.45, 7) is 4.49. The number of alkyl halides is 3. The van der Waals surface area contributed by atoms with Crippen molar-refractivity contribution in [3.8, 4) is 0 Å². The Labute approximate surface area is 130 Å². The lowest BCUT2D eigenvalue weighted by Crippen LogP contribution is -2.56. The molecule has 0 saturated heterocycles. The van der Waals surface area contributed by atoms with E-state index >= 15 is 0 Å². The van der Waals surface area contributed by atoms with Gasteiger partial charge < -0.3 is 10.1 Å². The first kappa shape index (κ1) is 18.8. The Hall–Kier alpha value is -2.29. The van der Waals surface area contributed by atoms with Gasteiger partial charge in [0.1, 0.15) is 5.60 Å². The molecule has 0 heterocycles. The van der Waals surface area contributed by atoms with Crippen LogP contribution < -0.4 is 10.4 Å². The van der Waals surface area contributed by atoms with Gasteiger partial charge >= 0.3 is 18.1 Å². The van der Waals surface area contributed by atoms with Gasteiger partial charge in [-0.3, -0.25) is 10.0 Å². The molecule has 1 unspecified atom stereocenters. The quantitative estimate of drug-likeness (QED) is 0.501. The summed E-state index contributed by atoms with van der Waals surface area (Å²) in [5, 5.41) is 11.6. The van der Waals surface area contributed by atoms with Crippen LogP contribution in [0.2, 0.25) is 0 Å². The van der Waals surface area contributed by atoms with E-state index < -0.39 is 29.8 Å². The van der Waals surface area contributed by atoms with Crippen LogP contribution in [0, 0.1) is 0 Å². The van der Waals surface area contributed by atoms with Gasteiger partial charge in [0, 0.05) is 0 Å². The third-order valence-corrected chi connectivity index (χ3v) is 2.42. The van der Waals surface area contributed by atoms with Gasteiger partial charge in [-0.25, -0.2) is 9.86 Å². The van der Waals surface area contributed by atoms with E-state index in [1.807, 2.05) is 0 Å². The predicted molar refractivity (Wildman–Crippen MR) is 74.5 cm³/mol. The van der Waals surface area contributed by atoms with E-state index in [0.717, 1.165) is 0 Å². The monoisotopic (exact) mass is 334 g/mol. The highest BCUT2D eigenvalue weighted by Crippen LogP contribution is 2.19. The van der Waals surface area contributed by atoms with E-state index in [1.165, 1.54) is 50.4 Å². The lowest BCUT2D eigenvalue weighted by Gasteiger charge is -2.30. The molecule has 1 aromatic rings. The maximum absolute atomic E-state index is 12.4. The van der Waals surface area contributed by atoms with E-state index in [2.05, 4.69) is 0 Å². The zero-order valence-electron chi connectivity index (χ0n) is 12.7. The maximum Gasteiger partial charge on any atom is 0.471 e. The fraction of sp³-hybridized carbons (Fsp3) is 0.429. The highest BCUT2D eigenvalue weighted by atomic mass is 19.4. The normalized spacial score (nSPS) is 13.2. The molecule has 0 fully saturated rings. The van der Waals surface area contributed by atoms with Crippen LogP contribution in [0.3, 0.4) is 0 Å². The van der Waals surface area contributed by atoms with Crippen molar-refractivity contribution in [2.24, 2.45) is 0 Å². The minimum Gasteiger partial charge on any atom is -0.457 e. The number of carbonyl (C=O) groups is 2. The van der Waals surface area contributed by atoms with Gasteiger partial charge in [-0.15, -0.1) is 0 Å². The largest absolute Gasteiger partial charge is 0.471 e. The van der Waals surface area contributed by atoms with Crippen LogP contribution >= 0.6 is 0 Å². The smallest absolute Gasteiger partial charge is 0.457 e. The molecule has 0 radical (unpaired) electrons. The number of hydroxylamine groups is 1. The summed E-state index contributed by atoms with van der Waals surface area (Å²) < 4.78 is 42.2. The summed E-state index contributed by atoms with van der Waals surface area (Å²) in [7, 11) is 0. The van der Waals surface area contributed by atoms with Crippen molar-refractivity contribution in [2.75, 3.05) is 5.06 Å². The number of carbonyl (C=O) groups excluding carboxylic acids is 2. The van der Waals surface area contributed by atoms with Crippen molar-refractivity contribution in [1.29, 1.82) is 0 Å². The Bertz CT molecular complexity index is 555. The molecule has 0 saturated carbocycles. The van der Waals surface area contributed by atoms with Crippen LogP contribution in [0.5, 0.6) is 0 Å². The number of amides is 1. The molecule has 9 heteroatoms. The van der Waals surface area contributed by atoms with Crippen LogP contribution in [0.4, 0.5) is 18.9 Å². The number of hydrogen-bond acceptors (Lipinski definition) is 5. The number of anilines is 1. The zero-order valence-corrected chi connectivity index (χ0v) is 12.7. The molecule has 6 nitrogen and oxygen atoms in total. The van der Waals surface area contributed by atoms with Gasteiger partial charge in [-0.2, -0.15) is 13.2 Å². The molecule has 2 N–H and O–H groups in total. The first-order valence-corrected chi connectivity index (χ1v) is 6.55. The Balaban J connectivity index is 3.06. The summed E-state index contributed by atoms with van der Waals surface area (Å²) in [5.41, 5.74) is -1.01. The number of nitrogens with zero attached hydrogens (tertiary/aromatic N) is 1. The Morgan fingerprint density at radius 1 is 1.17 bits per heavy atom. The number of rotatable bonds is 4. The van der Waals surface area contributed by atoms with Crippen molar-refractivity contribution >= 4 is 17.6 Å². The van der Waals surface area contributed by atoms with Crippen molar-refractivity contribution in [2.45, 2.75) is 38.7 Å². The molecule has 0 aromatic heterocycles. The number of esters is 1. The van der Waals surface area contributed by atoms with Crippen molar-refractivity contribution in [3.05, 3.63) is 30.3 Å². The number of para-hydroxylation sites is 1. The third kappa shape index (κ3) is 5.78. The molecule has 1 rings (SSSR count). The van der Waals surface area contributed by atoms with Gasteiger partial charge in [-0.1, -0.05) is 18.2 Å². The standard InChI is InChI=1S/C14H17F3N2O4/c1-13(2,3)23-11(20)10(18-12(21)14(15,16)17)19(22)9-7-5-4-6-8-9/h4-8,10,22H,1-3H3,(H,18,21). The van der Waals surface area contributed by atoms with Crippen LogP contribution in [-0.2, 0) is 14.3 Å². The zero-order chi connectivity index (χ0) is 17.8. The van der Waals surface area contributed by atoms with E-state index in [-0.39, 0.29) is 10.8 Å². The summed E-state index contributed by atoms with van der Waals surface area (Å²) >= 11 is 0. The molecule has 0 aliphatic carbocycles. The number of halogens is 3. The maximum atomic E-state index is 12.4. The molecule has 0 spiro atoms. The minimum atomic E-state index is -5.21. The highest BCUT2D eigenvalue weighted by molar-refractivity contribution is 5.89. The molecule has 0 aliphatic rings. The summed E-state index contributed by atoms with van der Waals surface area (Å²) in [6.07, 6.45) is -7.26. The first-order valence-electron chi connectivity index (χ1n) is 6.55. The molecule has 128 valence electrons. The second kappa shape index (κ2) is 6.86. The second-order valence-electron chi connectivity index (χ2n) is 5.59. The van der Waals surface area contributed by atoms with Crippen LogP contribution in [0.1, 0.15) is 20.8 Å². The van der Waals surface area contributed by atoms with Crippen LogP contribution in [0.15, 0.2) is 30.3 Å². The summed E-state index contributed by atoms with van der Waals surface area (Å²) in [6, 6.07) is 7.29. The summed E-state index contributed by atoms with van der Waals surface area (Å²) in [4.78, 5) is 23.1. The average molecular weight is 334 g/mol. The van der Waals surface area contributed by atoms with Crippen molar-refractivity contribution in [3.63, 3.8) is 0 Å². The van der Waals surface area contributed by atoms with Gasteiger partial charge in [0.15, 0.2) is 0 Å². The topological polar surface area (TPSA) is 78.9 Å². The number of nitrogens with one attached hydrogen (secondary N) is 1. The minimum absolute atomic E-state index is 0.00540. The Morgan fingerprint density at radius 2 is 1.70 bits per heavy atom. The molecule has 0 bridgehead atoms. The van der Waals surface area contributed by atoms with Gasteiger partial charge in [0.25, 0.3) is 0 Å². The van der Waals surface area contributed by atoms with E-state index in [9.17, 15) is 28.0 Å². The fourth-order valence-corrected chi connectivity index (χ4v) is 1.51. The van der Waals surface area contributed by atoms with Gasteiger partial charge in [-0.05, 0) is 32.9 Å². The molecule has 23 heavy (non-hydrogen) atoms. The summed E-state index contributed by atoms with van der Waals surface area (Å²) in [5.74, 6) is -3.61. The fourth-order valence-electron chi connectivity index (χ4n) is 1.51. The lowest BCUT2D eigenvalue weighted by molar-refractivity contribution is -0.178. The lowest BCUT2D eigenvalue weighted by atomic mass is 10.2.